The molecule has 3 unspecified atom stereocenters. The summed E-state index contributed by atoms with van der Waals surface area (Å²) in [6.45, 7) is 3.66. The highest BCUT2D eigenvalue weighted by molar-refractivity contribution is 5.89. The Bertz CT molecular complexity index is 1020. The molecule has 1 aliphatic rings. The Morgan fingerprint density at radius 2 is 1.51 bits per heavy atom. The van der Waals surface area contributed by atoms with E-state index < -0.39 is 42.9 Å². The average Bonchev–Trinajstić information content (AvgIpc) is 3.15. The number of hydrogen-bond donors (Lipinski definition) is 3. The first-order valence-electron chi connectivity index (χ1n) is 11.6. The highest BCUT2D eigenvalue weighted by Gasteiger charge is 2.32. The van der Waals surface area contributed by atoms with Crippen molar-refractivity contribution < 1.29 is 33.0 Å². The van der Waals surface area contributed by atoms with Gasteiger partial charge in [0.1, 0.15) is 18.7 Å². The molecular weight excluding hydrogens is 458 g/mol. The van der Waals surface area contributed by atoms with Gasteiger partial charge in [-0.2, -0.15) is 0 Å². The smallest absolute Gasteiger partial charge is 0.407 e. The number of carboxylic acid groups (broad SMARTS) is 1. The molecule has 3 N–H and O–H groups in total. The molecule has 9 heteroatoms. The zero-order valence-electron chi connectivity index (χ0n) is 19.7. The van der Waals surface area contributed by atoms with Gasteiger partial charge in [-0.3, -0.25) is 4.79 Å². The number of hydrogen-bond acceptors (Lipinski definition) is 4. The Labute approximate surface area is 202 Å². The minimum atomic E-state index is -2.89. The van der Waals surface area contributed by atoms with Gasteiger partial charge in [0.05, 0.1) is 0 Å². The average molecular weight is 489 g/mol. The third kappa shape index (κ3) is 6.55. The van der Waals surface area contributed by atoms with Gasteiger partial charge in [-0.15, -0.1) is 0 Å². The number of halogens is 2. The fourth-order valence-electron chi connectivity index (χ4n) is 4.25. The molecule has 2 aromatic carbocycles. The van der Waals surface area contributed by atoms with Gasteiger partial charge >= 0.3 is 12.1 Å². The molecule has 0 spiro atoms. The Morgan fingerprint density at radius 1 is 0.943 bits per heavy atom. The molecule has 0 aliphatic heterocycles. The Kier molecular flexibility index (Phi) is 8.78. The van der Waals surface area contributed by atoms with Gasteiger partial charge in [0.2, 0.25) is 12.3 Å². The molecule has 0 aromatic heterocycles. The minimum absolute atomic E-state index is 0.0000371. The second-order valence-electron chi connectivity index (χ2n) is 8.80. The maximum absolute atomic E-state index is 13.1. The Balaban J connectivity index is 1.66. The number of alkyl halides is 2. The SMILES string of the molecule is CCC(C)CC(NC(=O)C(CC(F)F)NC(=O)OCC1c2ccccc2-c2ccccc21)C(=O)O. The molecule has 2 aromatic rings. The van der Waals surface area contributed by atoms with Crippen molar-refractivity contribution in [2.45, 2.75) is 57.5 Å². The topological polar surface area (TPSA) is 105 Å². The van der Waals surface area contributed by atoms with Gasteiger partial charge in [-0.25, -0.2) is 18.4 Å². The minimum Gasteiger partial charge on any atom is -0.480 e. The summed E-state index contributed by atoms with van der Waals surface area (Å²) in [7, 11) is 0. The first-order chi connectivity index (χ1) is 16.7. The summed E-state index contributed by atoms with van der Waals surface area (Å²) in [5.74, 6) is -2.49. The summed E-state index contributed by atoms with van der Waals surface area (Å²) in [6.07, 6.45) is -4.05. The number of aliphatic carboxylic acids is 1. The van der Waals surface area contributed by atoms with Gasteiger partial charge in [0.25, 0.3) is 0 Å². The van der Waals surface area contributed by atoms with Gasteiger partial charge < -0.3 is 20.5 Å². The summed E-state index contributed by atoms with van der Waals surface area (Å²) in [6, 6.07) is 12.6. The van der Waals surface area contributed by atoms with Crippen LogP contribution < -0.4 is 10.6 Å². The van der Waals surface area contributed by atoms with Crippen molar-refractivity contribution in [3.05, 3.63) is 59.7 Å². The second-order valence-corrected chi connectivity index (χ2v) is 8.80. The molecule has 3 atom stereocenters. The highest BCUT2D eigenvalue weighted by Crippen LogP contribution is 2.44. The predicted molar refractivity (Wildman–Crippen MR) is 126 cm³/mol. The van der Waals surface area contributed by atoms with Crippen molar-refractivity contribution in [1.82, 2.24) is 10.6 Å². The van der Waals surface area contributed by atoms with Gasteiger partial charge in [-0.1, -0.05) is 68.8 Å². The predicted octanol–water partition coefficient (Wildman–Crippen LogP) is 4.55. The van der Waals surface area contributed by atoms with Crippen molar-refractivity contribution >= 4 is 18.0 Å². The molecule has 35 heavy (non-hydrogen) atoms. The summed E-state index contributed by atoms with van der Waals surface area (Å²) in [5.41, 5.74) is 4.04. The van der Waals surface area contributed by atoms with E-state index in [1.165, 1.54) is 0 Å². The lowest BCUT2D eigenvalue weighted by molar-refractivity contribution is -0.142. The maximum atomic E-state index is 13.1. The van der Waals surface area contributed by atoms with Gasteiger partial charge in [0.15, 0.2) is 0 Å². The van der Waals surface area contributed by atoms with Crippen molar-refractivity contribution in [2.24, 2.45) is 5.92 Å². The quantitative estimate of drug-likeness (QED) is 0.430. The van der Waals surface area contributed by atoms with Crippen LogP contribution in [0, 0.1) is 5.92 Å². The van der Waals surface area contributed by atoms with E-state index >= 15 is 0 Å². The van der Waals surface area contributed by atoms with Gasteiger partial charge in [0, 0.05) is 12.3 Å². The molecule has 7 nitrogen and oxygen atoms in total. The van der Waals surface area contributed by atoms with E-state index in [9.17, 15) is 28.3 Å². The first kappa shape index (κ1) is 26.1. The zero-order chi connectivity index (χ0) is 25.5. The second kappa shape index (κ2) is 11.8. The maximum Gasteiger partial charge on any atom is 0.407 e. The largest absolute Gasteiger partial charge is 0.480 e. The van der Waals surface area contributed by atoms with Crippen molar-refractivity contribution in [3.63, 3.8) is 0 Å². The molecule has 0 heterocycles. The van der Waals surface area contributed by atoms with Crippen LogP contribution >= 0.6 is 0 Å². The van der Waals surface area contributed by atoms with Crippen LogP contribution in [0.5, 0.6) is 0 Å². The number of nitrogens with one attached hydrogen (secondary N) is 2. The first-order valence-corrected chi connectivity index (χ1v) is 11.6. The number of ether oxygens (including phenoxy) is 1. The fraction of sp³-hybridized carbons (Fsp3) is 0.423. The van der Waals surface area contributed by atoms with Crippen LogP contribution in [0.15, 0.2) is 48.5 Å². The number of benzene rings is 2. The molecule has 0 bridgehead atoms. The van der Waals surface area contributed by atoms with Crippen LogP contribution in [0.25, 0.3) is 11.1 Å². The van der Waals surface area contributed by atoms with Crippen LogP contribution in [-0.4, -0.2) is 48.2 Å². The Morgan fingerprint density at radius 3 is 2.03 bits per heavy atom. The summed E-state index contributed by atoms with van der Waals surface area (Å²) in [4.78, 5) is 36.6. The highest BCUT2D eigenvalue weighted by atomic mass is 19.3. The molecule has 0 saturated carbocycles. The van der Waals surface area contributed by atoms with E-state index in [-0.39, 0.29) is 24.9 Å². The Hall–Kier alpha value is -3.49. The van der Waals surface area contributed by atoms with Crippen molar-refractivity contribution in [2.75, 3.05) is 6.61 Å². The lowest BCUT2D eigenvalue weighted by Gasteiger charge is -2.23. The third-order valence-corrected chi connectivity index (χ3v) is 6.32. The number of carbonyl (C=O) groups is 3. The molecule has 1 aliphatic carbocycles. The summed E-state index contributed by atoms with van der Waals surface area (Å²) < 4.78 is 31.6. The fourth-order valence-corrected chi connectivity index (χ4v) is 4.25. The number of amides is 2. The number of carboxylic acids is 1. The number of carbonyl (C=O) groups excluding carboxylic acids is 2. The van der Waals surface area contributed by atoms with Crippen molar-refractivity contribution in [3.8, 4) is 11.1 Å². The van der Waals surface area contributed by atoms with E-state index in [2.05, 4.69) is 10.6 Å². The lowest BCUT2D eigenvalue weighted by atomic mass is 9.98. The van der Waals surface area contributed by atoms with E-state index in [4.69, 9.17) is 4.74 Å². The van der Waals surface area contributed by atoms with Crippen LogP contribution in [0.1, 0.15) is 50.2 Å². The normalized spacial score (nSPS) is 15.0. The van der Waals surface area contributed by atoms with Crippen molar-refractivity contribution in [1.29, 1.82) is 0 Å². The zero-order valence-corrected chi connectivity index (χ0v) is 19.7. The number of rotatable bonds is 11. The molecule has 2 amide bonds. The molecule has 0 radical (unpaired) electrons. The van der Waals surface area contributed by atoms with Crippen LogP contribution in [0.3, 0.4) is 0 Å². The lowest BCUT2D eigenvalue weighted by Crippen LogP contribution is -2.52. The van der Waals surface area contributed by atoms with Crippen LogP contribution in [0.4, 0.5) is 13.6 Å². The molecule has 188 valence electrons. The van der Waals surface area contributed by atoms with E-state index in [0.29, 0.717) is 6.42 Å². The van der Waals surface area contributed by atoms with E-state index in [0.717, 1.165) is 22.3 Å². The van der Waals surface area contributed by atoms with Gasteiger partial charge in [-0.05, 0) is 34.6 Å². The van der Waals surface area contributed by atoms with Crippen LogP contribution in [-0.2, 0) is 14.3 Å². The third-order valence-electron chi connectivity index (χ3n) is 6.32. The van der Waals surface area contributed by atoms with E-state index in [1.54, 1.807) is 0 Å². The standard InChI is InChI=1S/C26H30F2N2O5/c1-3-15(2)12-22(25(32)33)29-24(31)21(13-23(27)28)30-26(34)35-14-20-18-10-6-4-8-16(18)17-9-5-7-11-19(17)20/h4-11,15,20-23H,3,12-14H2,1-2H3,(H,29,31)(H,30,34)(H,32,33). The molecular formula is C26H30F2N2O5. The summed E-state index contributed by atoms with van der Waals surface area (Å²) >= 11 is 0. The van der Waals surface area contributed by atoms with E-state index in [1.807, 2.05) is 62.4 Å². The number of fused-ring (bicyclic) bond motifs is 3. The summed E-state index contributed by atoms with van der Waals surface area (Å²) in [5, 5.41) is 13.9. The molecule has 0 saturated heterocycles. The molecule has 0 fully saturated rings. The molecule has 3 rings (SSSR count). The van der Waals surface area contributed by atoms with Crippen LogP contribution in [0.2, 0.25) is 0 Å². The number of alkyl carbamates (subject to hydrolysis) is 1. The monoisotopic (exact) mass is 488 g/mol.